The van der Waals surface area contributed by atoms with Crippen LogP contribution in [0.5, 0.6) is 0 Å². The highest BCUT2D eigenvalue weighted by Crippen LogP contribution is 2.65. The summed E-state index contributed by atoms with van der Waals surface area (Å²) in [5.74, 6) is 0.715. The number of rotatable bonds is 4. The number of hydrogen-bond donors (Lipinski definition) is 0. The second-order valence-electron chi connectivity index (χ2n) is 16.4. The van der Waals surface area contributed by atoms with Crippen LogP contribution in [0.2, 0.25) is 0 Å². The quantitative estimate of drug-likeness (QED) is 0.177. The van der Waals surface area contributed by atoms with Gasteiger partial charge >= 0.3 is 0 Å². The van der Waals surface area contributed by atoms with Crippen LogP contribution >= 0.6 is 11.8 Å². The predicted octanol–water partition coefficient (Wildman–Crippen LogP) is 15.4. The molecule has 2 heterocycles. The molecule has 13 rings (SSSR count). The van der Waals surface area contributed by atoms with Crippen LogP contribution in [0, 0.1) is 0 Å². The molecule has 2 nitrogen and oxygen atoms in total. The van der Waals surface area contributed by atoms with E-state index in [2.05, 4.69) is 218 Å². The van der Waals surface area contributed by atoms with E-state index in [4.69, 9.17) is 9.97 Å². The van der Waals surface area contributed by atoms with Gasteiger partial charge in [-0.25, -0.2) is 9.97 Å². The van der Waals surface area contributed by atoms with Crippen LogP contribution < -0.4 is 0 Å². The lowest BCUT2D eigenvalue weighted by molar-refractivity contribution is 0.729. The van der Waals surface area contributed by atoms with Crippen molar-refractivity contribution in [3.05, 3.63) is 241 Å². The molecule has 3 heteroatoms. The van der Waals surface area contributed by atoms with E-state index in [1.165, 1.54) is 81.4 Å². The van der Waals surface area contributed by atoms with Gasteiger partial charge in [-0.1, -0.05) is 224 Å². The van der Waals surface area contributed by atoms with Crippen LogP contribution in [0.15, 0.2) is 228 Å². The van der Waals surface area contributed by atoms with Crippen molar-refractivity contribution in [2.24, 2.45) is 0 Å². The summed E-state index contributed by atoms with van der Waals surface area (Å²) in [5, 5.41) is 6.17. The maximum absolute atomic E-state index is 5.26. The van der Waals surface area contributed by atoms with E-state index in [9.17, 15) is 0 Å². The molecular formula is C59H36N2S. The smallest absolute Gasteiger partial charge is 0.160 e. The molecule has 10 aromatic carbocycles. The van der Waals surface area contributed by atoms with E-state index in [0.29, 0.717) is 5.82 Å². The van der Waals surface area contributed by atoms with Crippen LogP contribution in [-0.2, 0) is 5.41 Å². The average molecular weight is 805 g/mol. The molecule has 1 aliphatic heterocycles. The van der Waals surface area contributed by atoms with Gasteiger partial charge in [-0.2, -0.15) is 0 Å². The van der Waals surface area contributed by atoms with E-state index in [-0.39, 0.29) is 0 Å². The third-order valence-corrected chi connectivity index (χ3v) is 14.5. The van der Waals surface area contributed by atoms with Gasteiger partial charge in [-0.3, -0.25) is 0 Å². The Morgan fingerprint density at radius 1 is 0.323 bits per heavy atom. The highest BCUT2D eigenvalue weighted by molar-refractivity contribution is 8.00. The zero-order valence-electron chi connectivity index (χ0n) is 33.6. The monoisotopic (exact) mass is 804 g/mol. The molecule has 62 heavy (non-hydrogen) atoms. The lowest BCUT2D eigenvalue weighted by atomic mass is 9.66. The highest BCUT2D eigenvalue weighted by atomic mass is 32.2. The third-order valence-electron chi connectivity index (χ3n) is 13.2. The number of para-hydroxylation sites is 1. The molecule has 0 saturated heterocycles. The summed E-state index contributed by atoms with van der Waals surface area (Å²) in [7, 11) is 0. The van der Waals surface area contributed by atoms with Crippen molar-refractivity contribution in [3.8, 4) is 56.0 Å². The summed E-state index contributed by atoms with van der Waals surface area (Å²) < 4.78 is 0. The van der Waals surface area contributed by atoms with E-state index in [0.717, 1.165) is 33.3 Å². The molecule has 1 aromatic heterocycles. The molecule has 288 valence electrons. The minimum absolute atomic E-state index is 0.500. The topological polar surface area (TPSA) is 25.8 Å². The van der Waals surface area contributed by atoms with Crippen LogP contribution in [0.4, 0.5) is 0 Å². The molecule has 0 radical (unpaired) electrons. The zero-order chi connectivity index (χ0) is 40.8. The number of hydrogen-bond acceptors (Lipinski definition) is 3. The lowest BCUT2D eigenvalue weighted by Crippen LogP contribution is -2.32. The minimum atomic E-state index is -0.500. The summed E-state index contributed by atoms with van der Waals surface area (Å²) in [6.07, 6.45) is 0. The normalized spacial score (nSPS) is 13.2. The standard InChI is InChI=1S/C59H36N2S/c1-2-13-37(14-3-1)38-25-29-42(30-26-38)55-48-20-9-11-24-53(48)60-58(61-55)43-31-27-41(28-32-43)44-21-12-23-50-54(44)47-19-8-10-22-49(47)59(50)51-35-33-39-15-4-6-17-45(39)56(51)62-57-46-18-7-5-16-40(46)34-36-52(57)59/h1-36H. The SMILES string of the molecule is c1ccc(-c2ccc(-c3nc(-c4ccc(-c5cccc6c5-c5ccccc5C65c6ccc7ccccc7c6Sc6c5ccc5ccccc65)cc4)nc4ccccc34)cc2)cc1. The van der Waals surface area contributed by atoms with Gasteiger partial charge in [0.05, 0.1) is 16.6 Å². The van der Waals surface area contributed by atoms with E-state index in [1.807, 2.05) is 11.8 Å². The Labute approximate surface area is 364 Å². The highest BCUT2D eigenvalue weighted by Gasteiger charge is 2.51. The van der Waals surface area contributed by atoms with Gasteiger partial charge in [0.15, 0.2) is 5.82 Å². The molecule has 0 saturated carbocycles. The van der Waals surface area contributed by atoms with Crippen molar-refractivity contribution in [1.29, 1.82) is 0 Å². The first-order chi connectivity index (χ1) is 30.7. The number of nitrogens with zero attached hydrogens (tertiary/aromatic N) is 2. The first kappa shape index (κ1) is 35.2. The Balaban J connectivity index is 0.974. The molecule has 2 aliphatic rings. The fourth-order valence-electron chi connectivity index (χ4n) is 10.4. The van der Waals surface area contributed by atoms with Gasteiger partial charge in [0, 0.05) is 26.3 Å². The van der Waals surface area contributed by atoms with Crippen molar-refractivity contribution in [2.45, 2.75) is 15.2 Å². The summed E-state index contributed by atoms with van der Waals surface area (Å²) in [4.78, 5) is 13.1. The average Bonchev–Trinajstić information content (AvgIpc) is 3.64. The Bertz CT molecular complexity index is 3510. The first-order valence-electron chi connectivity index (χ1n) is 21.2. The zero-order valence-corrected chi connectivity index (χ0v) is 34.4. The van der Waals surface area contributed by atoms with Gasteiger partial charge in [0.25, 0.3) is 0 Å². The summed E-state index contributed by atoms with van der Waals surface area (Å²) >= 11 is 1.94. The Hall–Kier alpha value is -7.59. The fraction of sp³-hybridized carbons (Fsp3) is 0.0169. The molecule has 0 atom stereocenters. The van der Waals surface area contributed by atoms with Crippen molar-refractivity contribution in [1.82, 2.24) is 9.97 Å². The van der Waals surface area contributed by atoms with Gasteiger partial charge in [-0.05, 0) is 83.2 Å². The fourth-order valence-corrected chi connectivity index (χ4v) is 11.8. The molecule has 1 spiro atoms. The summed E-state index contributed by atoms with van der Waals surface area (Å²) in [6.45, 7) is 0. The number of fused-ring (bicyclic) bond motifs is 14. The second-order valence-corrected chi connectivity index (χ2v) is 17.4. The van der Waals surface area contributed by atoms with Gasteiger partial charge < -0.3 is 0 Å². The van der Waals surface area contributed by atoms with Crippen LogP contribution in [0.1, 0.15) is 22.3 Å². The minimum Gasteiger partial charge on any atom is -0.228 e. The van der Waals surface area contributed by atoms with Gasteiger partial charge in [-0.15, -0.1) is 0 Å². The van der Waals surface area contributed by atoms with E-state index >= 15 is 0 Å². The maximum Gasteiger partial charge on any atom is 0.160 e. The molecular weight excluding hydrogens is 769 g/mol. The number of aromatic nitrogens is 2. The molecule has 0 fully saturated rings. The van der Waals surface area contributed by atoms with Crippen molar-refractivity contribution in [3.63, 3.8) is 0 Å². The second kappa shape index (κ2) is 13.7. The first-order valence-corrected chi connectivity index (χ1v) is 22.0. The molecule has 0 N–H and O–H groups in total. The molecule has 0 bridgehead atoms. The third kappa shape index (κ3) is 5.12. The van der Waals surface area contributed by atoms with Crippen LogP contribution in [0.25, 0.3) is 88.5 Å². The van der Waals surface area contributed by atoms with E-state index in [1.54, 1.807) is 0 Å². The van der Waals surface area contributed by atoms with Crippen molar-refractivity contribution >= 4 is 44.2 Å². The lowest BCUT2D eigenvalue weighted by Gasteiger charge is -2.40. The molecule has 0 unspecified atom stereocenters. The predicted molar refractivity (Wildman–Crippen MR) is 258 cm³/mol. The number of benzene rings is 10. The molecule has 1 aliphatic carbocycles. The van der Waals surface area contributed by atoms with Crippen molar-refractivity contribution < 1.29 is 0 Å². The summed E-state index contributed by atoms with van der Waals surface area (Å²) in [5.41, 5.74) is 16.1. The Morgan fingerprint density at radius 2 is 0.855 bits per heavy atom. The molecule has 11 aromatic rings. The summed E-state index contributed by atoms with van der Waals surface area (Å²) in [6, 6.07) is 79.7. The van der Waals surface area contributed by atoms with E-state index < -0.39 is 5.41 Å². The van der Waals surface area contributed by atoms with Gasteiger partial charge in [0.2, 0.25) is 0 Å². The molecule has 0 amide bonds. The Kier molecular flexibility index (Phi) is 7.79. The Morgan fingerprint density at radius 3 is 1.58 bits per heavy atom. The van der Waals surface area contributed by atoms with Gasteiger partial charge in [0.1, 0.15) is 0 Å². The van der Waals surface area contributed by atoms with Crippen LogP contribution in [0.3, 0.4) is 0 Å². The van der Waals surface area contributed by atoms with Crippen LogP contribution in [-0.4, -0.2) is 9.97 Å². The largest absolute Gasteiger partial charge is 0.228 e. The van der Waals surface area contributed by atoms with Crippen molar-refractivity contribution in [2.75, 3.05) is 0 Å². The maximum atomic E-state index is 5.26.